The molecule has 0 fully saturated rings. The summed E-state index contributed by atoms with van der Waals surface area (Å²) in [6, 6.07) is 11.5. The van der Waals surface area contributed by atoms with E-state index in [9.17, 15) is 14.0 Å². The molecule has 0 atom stereocenters. The van der Waals surface area contributed by atoms with E-state index in [1.54, 1.807) is 17.0 Å². The number of carbonyl (C=O) groups excluding carboxylic acids is 2. The minimum atomic E-state index is -0.431. The number of hydrogen-bond donors (Lipinski definition) is 1. The van der Waals surface area contributed by atoms with Crippen molar-refractivity contribution in [1.29, 1.82) is 0 Å². The zero-order chi connectivity index (χ0) is 23.1. The summed E-state index contributed by atoms with van der Waals surface area (Å²) in [5.41, 5.74) is 2.91. The molecule has 5 nitrogen and oxygen atoms in total. The van der Waals surface area contributed by atoms with Gasteiger partial charge in [0.15, 0.2) is 0 Å². The van der Waals surface area contributed by atoms with Gasteiger partial charge in [0.1, 0.15) is 5.82 Å². The number of anilines is 2. The highest BCUT2D eigenvalue weighted by Crippen LogP contribution is 2.26. The van der Waals surface area contributed by atoms with Crippen LogP contribution in [0.25, 0.3) is 0 Å². The molecule has 31 heavy (non-hydrogen) atoms. The van der Waals surface area contributed by atoms with Crippen LogP contribution in [0.1, 0.15) is 50.0 Å². The third-order valence-electron chi connectivity index (χ3n) is 4.74. The lowest BCUT2D eigenvalue weighted by Crippen LogP contribution is -2.34. The van der Waals surface area contributed by atoms with Gasteiger partial charge in [-0.25, -0.2) is 4.39 Å². The molecule has 2 aromatic carbocycles. The summed E-state index contributed by atoms with van der Waals surface area (Å²) < 4.78 is 13.7. The third-order valence-corrected chi connectivity index (χ3v) is 4.74. The van der Waals surface area contributed by atoms with Crippen molar-refractivity contribution in [2.24, 2.45) is 11.8 Å². The van der Waals surface area contributed by atoms with Crippen molar-refractivity contribution in [2.45, 2.75) is 40.7 Å². The minimum absolute atomic E-state index is 0.0339. The van der Waals surface area contributed by atoms with E-state index in [2.05, 4.69) is 5.32 Å². The molecule has 0 heterocycles. The van der Waals surface area contributed by atoms with E-state index in [-0.39, 0.29) is 23.7 Å². The van der Waals surface area contributed by atoms with Gasteiger partial charge < -0.3 is 15.1 Å². The average molecular weight is 428 g/mol. The zero-order valence-corrected chi connectivity index (χ0v) is 19.4. The van der Waals surface area contributed by atoms with Gasteiger partial charge in [-0.1, -0.05) is 33.8 Å². The number of nitrogens with zero attached hydrogens (tertiary/aromatic N) is 2. The van der Waals surface area contributed by atoms with Crippen LogP contribution in [0.4, 0.5) is 15.8 Å². The van der Waals surface area contributed by atoms with Crippen molar-refractivity contribution in [1.82, 2.24) is 4.90 Å². The second-order valence-corrected chi connectivity index (χ2v) is 8.97. The number of halogens is 1. The Bertz CT molecular complexity index is 909. The van der Waals surface area contributed by atoms with E-state index >= 15 is 0 Å². The van der Waals surface area contributed by atoms with Crippen molar-refractivity contribution in [3.8, 4) is 0 Å². The summed E-state index contributed by atoms with van der Waals surface area (Å²) in [6.45, 7) is 8.98. The topological polar surface area (TPSA) is 52.7 Å². The summed E-state index contributed by atoms with van der Waals surface area (Å²) in [6.07, 6.45) is 0.447. The first-order chi connectivity index (χ1) is 14.6. The molecule has 2 rings (SSSR count). The van der Waals surface area contributed by atoms with Gasteiger partial charge in [-0.15, -0.1) is 0 Å². The van der Waals surface area contributed by atoms with Gasteiger partial charge in [-0.2, -0.15) is 0 Å². The highest BCUT2D eigenvalue weighted by molar-refractivity contribution is 5.94. The molecule has 1 N–H and O–H groups in total. The Morgan fingerprint density at radius 1 is 1.00 bits per heavy atom. The number of hydrogen-bond acceptors (Lipinski definition) is 3. The predicted octanol–water partition coefficient (Wildman–Crippen LogP) is 5.17. The minimum Gasteiger partial charge on any atom is -0.377 e. The predicted molar refractivity (Wildman–Crippen MR) is 125 cm³/mol. The van der Waals surface area contributed by atoms with Gasteiger partial charge in [0.25, 0.3) is 5.91 Å². The zero-order valence-electron chi connectivity index (χ0n) is 19.4. The quantitative estimate of drug-likeness (QED) is 0.600. The van der Waals surface area contributed by atoms with E-state index in [1.807, 2.05) is 64.9 Å². The molecule has 0 aliphatic heterocycles. The van der Waals surface area contributed by atoms with Crippen molar-refractivity contribution < 1.29 is 14.0 Å². The van der Waals surface area contributed by atoms with Crippen LogP contribution < -0.4 is 10.2 Å². The third kappa shape index (κ3) is 7.39. The molecule has 6 heteroatoms. The fourth-order valence-electron chi connectivity index (χ4n) is 3.48. The summed E-state index contributed by atoms with van der Waals surface area (Å²) >= 11 is 0. The first kappa shape index (κ1) is 24.4. The van der Waals surface area contributed by atoms with Crippen molar-refractivity contribution in [3.63, 3.8) is 0 Å². The highest BCUT2D eigenvalue weighted by Gasteiger charge is 2.20. The van der Waals surface area contributed by atoms with Crippen LogP contribution in [0.15, 0.2) is 42.5 Å². The second-order valence-electron chi connectivity index (χ2n) is 8.97. The van der Waals surface area contributed by atoms with Crippen LogP contribution in [-0.4, -0.2) is 37.4 Å². The SMILES string of the molecule is CC(C)CC(=O)Nc1ccc(N(C)C)c(CN(CC(C)C)C(=O)c2cccc(F)c2)c1. The Hall–Kier alpha value is -2.89. The molecule has 0 aliphatic carbocycles. The molecule has 0 aromatic heterocycles. The Balaban J connectivity index is 2.35. The molecular weight excluding hydrogens is 393 g/mol. The highest BCUT2D eigenvalue weighted by atomic mass is 19.1. The maximum absolute atomic E-state index is 13.7. The maximum atomic E-state index is 13.7. The molecule has 0 unspecified atom stereocenters. The lowest BCUT2D eigenvalue weighted by Gasteiger charge is -2.28. The first-order valence-corrected chi connectivity index (χ1v) is 10.7. The van der Waals surface area contributed by atoms with Crippen molar-refractivity contribution in [3.05, 3.63) is 59.4 Å². The van der Waals surface area contributed by atoms with Crippen LogP contribution in [0.3, 0.4) is 0 Å². The molecule has 168 valence electrons. The van der Waals surface area contributed by atoms with E-state index in [0.717, 1.165) is 11.3 Å². The fourth-order valence-corrected chi connectivity index (χ4v) is 3.48. The lowest BCUT2D eigenvalue weighted by atomic mass is 10.1. The monoisotopic (exact) mass is 427 g/mol. The van der Waals surface area contributed by atoms with Gasteiger partial charge in [0.2, 0.25) is 5.91 Å². The summed E-state index contributed by atoms with van der Waals surface area (Å²) in [4.78, 5) is 29.1. The molecule has 0 radical (unpaired) electrons. The van der Waals surface area contributed by atoms with E-state index < -0.39 is 5.82 Å². The normalized spacial score (nSPS) is 11.0. The first-order valence-electron chi connectivity index (χ1n) is 10.7. The maximum Gasteiger partial charge on any atom is 0.254 e. The average Bonchev–Trinajstić information content (AvgIpc) is 2.65. The van der Waals surface area contributed by atoms with Crippen molar-refractivity contribution >= 4 is 23.2 Å². The van der Waals surface area contributed by atoms with E-state index in [0.29, 0.717) is 30.8 Å². The Labute approximate surface area is 185 Å². The number of amides is 2. The molecule has 2 aromatic rings. The lowest BCUT2D eigenvalue weighted by molar-refractivity contribution is -0.116. The smallest absolute Gasteiger partial charge is 0.254 e. The number of rotatable bonds is 9. The van der Waals surface area contributed by atoms with E-state index in [1.165, 1.54) is 12.1 Å². The van der Waals surface area contributed by atoms with Crippen LogP contribution in [0.5, 0.6) is 0 Å². The molecule has 0 spiro atoms. The summed E-state index contributed by atoms with van der Waals surface area (Å²) in [7, 11) is 3.88. The number of benzene rings is 2. The Morgan fingerprint density at radius 2 is 1.71 bits per heavy atom. The molecule has 0 bridgehead atoms. The fraction of sp³-hybridized carbons (Fsp3) is 0.440. The molecule has 0 saturated carbocycles. The van der Waals surface area contributed by atoms with Gasteiger partial charge >= 0.3 is 0 Å². The Morgan fingerprint density at radius 3 is 2.29 bits per heavy atom. The van der Waals surface area contributed by atoms with Crippen LogP contribution in [0.2, 0.25) is 0 Å². The van der Waals surface area contributed by atoms with Gasteiger partial charge in [0, 0.05) is 50.5 Å². The summed E-state index contributed by atoms with van der Waals surface area (Å²) in [5, 5.41) is 2.95. The van der Waals surface area contributed by atoms with Gasteiger partial charge in [0.05, 0.1) is 0 Å². The number of nitrogens with one attached hydrogen (secondary N) is 1. The van der Waals surface area contributed by atoms with Gasteiger partial charge in [-0.3, -0.25) is 9.59 Å². The van der Waals surface area contributed by atoms with Crippen LogP contribution in [0, 0.1) is 17.7 Å². The molecule has 0 saturated heterocycles. The molecule has 0 aliphatic rings. The molecule has 2 amide bonds. The molecular formula is C25H34FN3O2. The van der Waals surface area contributed by atoms with Crippen LogP contribution >= 0.6 is 0 Å². The van der Waals surface area contributed by atoms with Gasteiger partial charge in [-0.05, 0) is 53.8 Å². The van der Waals surface area contributed by atoms with E-state index in [4.69, 9.17) is 0 Å². The largest absolute Gasteiger partial charge is 0.377 e. The van der Waals surface area contributed by atoms with Crippen molar-refractivity contribution in [2.75, 3.05) is 30.9 Å². The Kier molecular flexibility index (Phi) is 8.60. The number of carbonyl (C=O) groups is 2. The summed E-state index contributed by atoms with van der Waals surface area (Å²) in [5.74, 6) is -0.167. The standard InChI is InChI=1S/C25H34FN3O2/c1-17(2)12-24(30)27-22-10-11-23(28(5)6)20(14-22)16-29(15-18(3)4)25(31)19-8-7-9-21(26)13-19/h7-11,13-14,17-18H,12,15-16H2,1-6H3,(H,27,30). The van der Waals surface area contributed by atoms with Crippen LogP contribution in [-0.2, 0) is 11.3 Å². The second kappa shape index (κ2) is 10.9.